The third-order valence-corrected chi connectivity index (χ3v) is 2.15. The zero-order valence-corrected chi connectivity index (χ0v) is 8.93. The minimum absolute atomic E-state index is 0.0791. The van der Waals surface area contributed by atoms with E-state index in [0.29, 0.717) is 11.3 Å². The smallest absolute Gasteiger partial charge is 0.322 e. The first-order valence-electron chi connectivity index (χ1n) is 4.75. The molecule has 1 heterocycles. The molecule has 0 bridgehead atoms. The van der Waals surface area contributed by atoms with E-state index < -0.39 is 12.0 Å². The molecule has 1 aromatic heterocycles. The van der Waals surface area contributed by atoms with Crippen LogP contribution in [0.2, 0.25) is 0 Å². The Kier molecular flexibility index (Phi) is 3.96. The molecule has 1 unspecified atom stereocenters. The van der Waals surface area contributed by atoms with Gasteiger partial charge in [0.25, 0.3) is 0 Å². The van der Waals surface area contributed by atoms with E-state index in [1.807, 2.05) is 0 Å². The maximum Gasteiger partial charge on any atom is 0.322 e. The van der Waals surface area contributed by atoms with Crippen molar-refractivity contribution in [3.63, 3.8) is 0 Å². The van der Waals surface area contributed by atoms with Crippen molar-refractivity contribution in [3.05, 3.63) is 24.0 Å². The fourth-order valence-corrected chi connectivity index (χ4v) is 1.25. The third kappa shape index (κ3) is 3.03. The number of carbonyl (C=O) groups excluding carboxylic acids is 1. The Hall–Kier alpha value is -1.95. The molecule has 86 valence electrons. The molecule has 1 rings (SSSR count). The predicted octanol–water partition coefficient (Wildman–Crippen LogP) is -0.550. The average Bonchev–Trinajstić information content (AvgIpc) is 2.25. The van der Waals surface area contributed by atoms with E-state index in [1.54, 1.807) is 12.3 Å². The van der Waals surface area contributed by atoms with Crippen LogP contribution in [0.25, 0.3) is 0 Å². The molecule has 0 radical (unpaired) electrons. The fraction of sp³-hybridized carbons (Fsp3) is 0.300. The van der Waals surface area contributed by atoms with Gasteiger partial charge < -0.3 is 16.2 Å². The molecule has 6 nitrogen and oxygen atoms in total. The summed E-state index contributed by atoms with van der Waals surface area (Å²) in [5.74, 6) is -1.05. The summed E-state index contributed by atoms with van der Waals surface area (Å²) in [5, 5.41) is 11.2. The van der Waals surface area contributed by atoms with E-state index in [-0.39, 0.29) is 12.3 Å². The highest BCUT2D eigenvalue weighted by atomic mass is 16.4. The molecule has 0 saturated carbocycles. The topological polar surface area (TPSA) is 107 Å². The maximum atomic E-state index is 11.2. The number of carboxylic acid groups (broad SMARTS) is 1. The van der Waals surface area contributed by atoms with Crippen LogP contribution in [0.15, 0.2) is 18.5 Å². The van der Waals surface area contributed by atoms with Crippen LogP contribution in [0.5, 0.6) is 0 Å². The van der Waals surface area contributed by atoms with Crippen LogP contribution in [-0.2, 0) is 9.59 Å². The molecule has 0 saturated heterocycles. The number of quaternary nitrogens is 1. The summed E-state index contributed by atoms with van der Waals surface area (Å²) < 4.78 is 0. The minimum atomic E-state index is -0.974. The highest BCUT2D eigenvalue weighted by molar-refractivity contribution is 5.83. The zero-order chi connectivity index (χ0) is 12.1. The summed E-state index contributed by atoms with van der Waals surface area (Å²) in [6.45, 7) is 1.22. The Morgan fingerprint density at radius 1 is 1.62 bits per heavy atom. The highest BCUT2D eigenvalue weighted by Gasteiger charge is 2.18. The van der Waals surface area contributed by atoms with Crippen LogP contribution in [0, 0.1) is 0 Å². The van der Waals surface area contributed by atoms with Gasteiger partial charge in [-0.15, -0.1) is 0 Å². The largest absolute Gasteiger partial charge is 0.480 e. The van der Waals surface area contributed by atoms with Crippen LogP contribution in [0.1, 0.15) is 18.5 Å². The van der Waals surface area contributed by atoms with Crippen molar-refractivity contribution in [1.29, 1.82) is 0 Å². The number of hydrogen-bond donors (Lipinski definition) is 3. The quantitative estimate of drug-likeness (QED) is 0.622. The van der Waals surface area contributed by atoms with Crippen LogP contribution >= 0.6 is 0 Å². The molecule has 6 heteroatoms. The highest BCUT2D eigenvalue weighted by Crippen LogP contribution is 2.19. The van der Waals surface area contributed by atoms with Gasteiger partial charge in [0.15, 0.2) is 11.8 Å². The van der Waals surface area contributed by atoms with Gasteiger partial charge in [0, 0.05) is 18.7 Å². The number of nitrogens with one attached hydrogen (secondary N) is 1. The van der Waals surface area contributed by atoms with Crippen LogP contribution in [0.3, 0.4) is 0 Å². The lowest BCUT2D eigenvalue weighted by Crippen LogP contribution is -2.57. The van der Waals surface area contributed by atoms with E-state index in [9.17, 15) is 9.59 Å². The van der Waals surface area contributed by atoms with E-state index >= 15 is 0 Å². The number of carbonyl (C=O) groups is 2. The third-order valence-electron chi connectivity index (χ3n) is 2.15. The number of anilines is 1. The first-order valence-corrected chi connectivity index (χ1v) is 4.75. The SMILES string of the molecule is CC(=O)C([NH3+])c1ccncc1NCC(=O)O. The van der Waals surface area contributed by atoms with Crippen molar-refractivity contribution >= 4 is 17.4 Å². The predicted molar refractivity (Wildman–Crippen MR) is 56.7 cm³/mol. The molecular weight excluding hydrogens is 210 g/mol. The maximum absolute atomic E-state index is 11.2. The number of aliphatic carboxylic acids is 1. The molecule has 5 N–H and O–H groups in total. The lowest BCUT2D eigenvalue weighted by Gasteiger charge is -2.11. The summed E-state index contributed by atoms with van der Waals surface area (Å²) in [4.78, 5) is 25.5. The molecule has 0 amide bonds. The van der Waals surface area contributed by atoms with Crippen LogP contribution in [-0.4, -0.2) is 28.4 Å². The molecule has 16 heavy (non-hydrogen) atoms. The van der Waals surface area contributed by atoms with Crippen molar-refractivity contribution in [3.8, 4) is 0 Å². The number of hydrogen-bond acceptors (Lipinski definition) is 4. The van der Waals surface area contributed by atoms with Gasteiger partial charge in [-0.25, -0.2) is 0 Å². The zero-order valence-electron chi connectivity index (χ0n) is 8.93. The monoisotopic (exact) mass is 224 g/mol. The van der Waals surface area contributed by atoms with E-state index in [2.05, 4.69) is 16.0 Å². The van der Waals surface area contributed by atoms with Gasteiger partial charge in [-0.1, -0.05) is 0 Å². The number of Topliss-reactive ketones (excluding diaryl/α,β-unsaturated/α-hetero) is 1. The normalized spacial score (nSPS) is 11.9. The number of ketones is 1. The second-order valence-electron chi connectivity index (χ2n) is 3.37. The second kappa shape index (κ2) is 5.22. The summed E-state index contributed by atoms with van der Waals surface area (Å²) in [6.07, 6.45) is 3.03. The van der Waals surface area contributed by atoms with E-state index in [0.717, 1.165) is 0 Å². The number of aromatic nitrogens is 1. The summed E-state index contributed by atoms with van der Waals surface area (Å²) in [7, 11) is 0. The summed E-state index contributed by atoms with van der Waals surface area (Å²) >= 11 is 0. The standard InChI is InChI=1S/C10H13N3O3/c1-6(14)10(11)7-2-3-12-4-8(7)13-5-9(15)16/h2-4,10,13H,5,11H2,1H3,(H,15,16)/p+1. The molecule has 0 aliphatic heterocycles. The Labute approximate surface area is 92.5 Å². The summed E-state index contributed by atoms with van der Waals surface area (Å²) in [6, 6.07) is 1.14. The lowest BCUT2D eigenvalue weighted by molar-refractivity contribution is -0.408. The number of nitrogens with zero attached hydrogens (tertiary/aromatic N) is 1. The molecule has 0 aromatic carbocycles. The lowest BCUT2D eigenvalue weighted by atomic mass is 10.0. The Morgan fingerprint density at radius 2 is 2.31 bits per heavy atom. The van der Waals surface area contributed by atoms with Crippen molar-refractivity contribution in [2.24, 2.45) is 0 Å². The van der Waals surface area contributed by atoms with Gasteiger partial charge in [-0.2, -0.15) is 0 Å². The molecular formula is C10H14N3O3+. The minimum Gasteiger partial charge on any atom is -0.480 e. The van der Waals surface area contributed by atoms with Gasteiger partial charge in [0.2, 0.25) is 0 Å². The van der Waals surface area contributed by atoms with E-state index in [4.69, 9.17) is 5.11 Å². The van der Waals surface area contributed by atoms with Crippen LogP contribution < -0.4 is 11.1 Å². The van der Waals surface area contributed by atoms with Crippen molar-refractivity contribution in [2.45, 2.75) is 13.0 Å². The van der Waals surface area contributed by atoms with Crippen molar-refractivity contribution < 1.29 is 20.4 Å². The molecule has 0 spiro atoms. The molecule has 0 fully saturated rings. The molecule has 1 aromatic rings. The van der Waals surface area contributed by atoms with Crippen molar-refractivity contribution in [1.82, 2.24) is 4.98 Å². The van der Waals surface area contributed by atoms with Gasteiger partial charge in [0.05, 0.1) is 11.9 Å². The Morgan fingerprint density at radius 3 is 2.88 bits per heavy atom. The average molecular weight is 224 g/mol. The van der Waals surface area contributed by atoms with Crippen molar-refractivity contribution in [2.75, 3.05) is 11.9 Å². The first-order chi connectivity index (χ1) is 7.52. The molecule has 1 atom stereocenters. The van der Waals surface area contributed by atoms with Gasteiger partial charge in [0.1, 0.15) is 6.54 Å². The molecule has 0 aliphatic carbocycles. The second-order valence-corrected chi connectivity index (χ2v) is 3.37. The van der Waals surface area contributed by atoms with Gasteiger partial charge in [-0.05, 0) is 6.07 Å². The van der Waals surface area contributed by atoms with E-state index in [1.165, 1.54) is 13.1 Å². The fourth-order valence-electron chi connectivity index (χ4n) is 1.25. The van der Waals surface area contributed by atoms with Gasteiger partial charge in [-0.3, -0.25) is 14.6 Å². The summed E-state index contributed by atoms with van der Waals surface area (Å²) in [5.41, 5.74) is 4.91. The number of carboxylic acids is 1. The number of rotatable bonds is 5. The molecule has 0 aliphatic rings. The van der Waals surface area contributed by atoms with Crippen LogP contribution in [0.4, 0.5) is 5.69 Å². The Bertz CT molecular complexity index is 406. The first kappa shape index (κ1) is 12.1. The number of pyridine rings is 1. The Balaban J connectivity index is 2.91. The van der Waals surface area contributed by atoms with Gasteiger partial charge >= 0.3 is 5.97 Å².